The molecule has 0 nitrogen and oxygen atoms in total. The Morgan fingerprint density at radius 3 is 1.66 bits per heavy atom. The number of fused-ring (bicyclic) bond motifs is 3. The Labute approximate surface area is 278 Å². The van der Waals surface area contributed by atoms with Gasteiger partial charge in [0.25, 0.3) is 0 Å². The van der Waals surface area contributed by atoms with Gasteiger partial charge in [0.2, 0.25) is 0 Å². The number of rotatable bonds is 3. The van der Waals surface area contributed by atoms with E-state index in [0.717, 1.165) is 17.8 Å². The van der Waals surface area contributed by atoms with Crippen LogP contribution >= 0.6 is 0 Å². The zero-order valence-electron chi connectivity index (χ0n) is 27.4. The normalized spacial score (nSPS) is 16.4. The van der Waals surface area contributed by atoms with Crippen molar-refractivity contribution in [3.63, 3.8) is 0 Å². The highest BCUT2D eigenvalue weighted by molar-refractivity contribution is 5.35. The summed E-state index contributed by atoms with van der Waals surface area (Å²) in [6.07, 6.45) is 14.6. The average molecular weight is 605 g/mol. The van der Waals surface area contributed by atoms with Crippen LogP contribution in [0.4, 0.5) is 0 Å². The lowest BCUT2D eigenvalue weighted by atomic mass is 9.81. The molecule has 6 rings (SSSR count). The Hall–Kier alpha value is -2.34. The number of hydrogen-bond acceptors (Lipinski definition) is 0. The predicted octanol–water partition coefficient (Wildman–Crippen LogP) is 14.6. The first kappa shape index (κ1) is 46.1. The fourth-order valence-electron chi connectivity index (χ4n) is 6.57. The van der Waals surface area contributed by atoms with Crippen LogP contribution in [-0.2, 0) is 32.1 Å². The quantitative estimate of drug-likeness (QED) is 0.279. The summed E-state index contributed by atoms with van der Waals surface area (Å²) >= 11 is 0. The highest BCUT2D eigenvalue weighted by Crippen LogP contribution is 2.37. The molecule has 3 aromatic rings. The van der Waals surface area contributed by atoms with Gasteiger partial charge < -0.3 is 0 Å². The van der Waals surface area contributed by atoms with Gasteiger partial charge in [-0.3, -0.25) is 0 Å². The Bertz CT molecular complexity index is 1090. The Morgan fingerprint density at radius 1 is 0.568 bits per heavy atom. The van der Waals surface area contributed by atoms with Gasteiger partial charge in [0, 0.05) is 0 Å². The molecule has 0 saturated heterocycles. The molecule has 0 heterocycles. The first-order valence-corrected chi connectivity index (χ1v) is 16.9. The van der Waals surface area contributed by atoms with Gasteiger partial charge in [-0.1, -0.05) is 152 Å². The second-order valence-corrected chi connectivity index (χ2v) is 11.4. The van der Waals surface area contributed by atoms with Crippen LogP contribution in [0.1, 0.15) is 174 Å². The Morgan fingerprint density at radius 2 is 1.09 bits per heavy atom. The van der Waals surface area contributed by atoms with Crippen molar-refractivity contribution < 1.29 is 0 Å². The fourth-order valence-corrected chi connectivity index (χ4v) is 6.57. The van der Waals surface area contributed by atoms with Crippen molar-refractivity contribution in [2.45, 2.75) is 168 Å². The Kier molecular flexibility index (Phi) is 27.2. The molecule has 3 aliphatic carbocycles. The van der Waals surface area contributed by atoms with Gasteiger partial charge in [-0.2, -0.15) is 0 Å². The highest BCUT2D eigenvalue weighted by Gasteiger charge is 2.24. The number of benzene rings is 3. The van der Waals surface area contributed by atoms with Crippen LogP contribution in [0.25, 0.3) is 0 Å². The third-order valence-corrected chi connectivity index (χ3v) is 8.79. The summed E-state index contributed by atoms with van der Waals surface area (Å²) in [5.74, 6) is 2.46. The SMILES string of the molecule is C.C.C.C.CC.CC.CC(C)C1CCc2ccccc21.CCC1CCCc2ccccc21.CCc1ccc2c(c1)CCCC2. The predicted molar refractivity (Wildman–Crippen MR) is 207 cm³/mol. The summed E-state index contributed by atoms with van der Waals surface area (Å²) in [5, 5.41) is 0. The summed E-state index contributed by atoms with van der Waals surface area (Å²) in [7, 11) is 0. The van der Waals surface area contributed by atoms with E-state index in [0.29, 0.717) is 0 Å². The molecule has 252 valence electrons. The molecule has 0 spiro atoms. The standard InChI is InChI=1S/3C12H16.2C2H6.4CH4/c1-9(2)11-8-7-10-5-3-4-6-12(10)11;1-2-10-7-5-8-11-6-3-4-9-12(10)11;1-2-10-7-8-11-5-3-4-6-12(11)9-10;2*1-2;;;;/h3-6,9,11H,7-8H2,1-2H3;3-4,6,9-10H,2,5,7-8H2,1H3;7-9H,2-6H2,1H3;2*1-2H3;4*1H4. The second kappa shape index (κ2) is 25.9. The maximum atomic E-state index is 2.40. The minimum Gasteiger partial charge on any atom is -0.0776 e. The fraction of sp³-hybridized carbons (Fsp3) is 0.591. The number of aryl methyl sites for hydroxylation is 5. The molecule has 44 heavy (non-hydrogen) atoms. The van der Waals surface area contributed by atoms with E-state index in [4.69, 9.17) is 0 Å². The van der Waals surface area contributed by atoms with Gasteiger partial charge in [-0.25, -0.2) is 0 Å². The van der Waals surface area contributed by atoms with E-state index in [1.54, 1.807) is 33.4 Å². The van der Waals surface area contributed by atoms with Crippen LogP contribution in [0, 0.1) is 5.92 Å². The molecule has 0 radical (unpaired) electrons. The lowest BCUT2D eigenvalue weighted by molar-refractivity contribution is 0.496. The topological polar surface area (TPSA) is 0 Å². The van der Waals surface area contributed by atoms with E-state index < -0.39 is 0 Å². The van der Waals surface area contributed by atoms with E-state index in [2.05, 4.69) is 94.4 Å². The lowest BCUT2D eigenvalue weighted by Gasteiger charge is -2.23. The minimum absolute atomic E-state index is 0. The van der Waals surface area contributed by atoms with E-state index in [-0.39, 0.29) is 29.7 Å². The molecule has 2 atom stereocenters. The first-order chi connectivity index (χ1) is 19.6. The van der Waals surface area contributed by atoms with Crippen molar-refractivity contribution in [3.05, 3.63) is 106 Å². The maximum Gasteiger partial charge on any atom is -0.0133 e. The van der Waals surface area contributed by atoms with E-state index in [1.165, 1.54) is 76.2 Å². The third kappa shape index (κ3) is 13.3. The molecule has 0 aromatic heterocycles. The zero-order valence-corrected chi connectivity index (χ0v) is 27.4. The third-order valence-electron chi connectivity index (χ3n) is 8.79. The summed E-state index contributed by atoms with van der Waals surface area (Å²) in [6, 6.07) is 24.8. The summed E-state index contributed by atoms with van der Waals surface area (Å²) < 4.78 is 0. The van der Waals surface area contributed by atoms with Crippen molar-refractivity contribution in [2.24, 2.45) is 5.92 Å². The van der Waals surface area contributed by atoms with Gasteiger partial charge in [-0.15, -0.1) is 0 Å². The van der Waals surface area contributed by atoms with Crippen molar-refractivity contribution in [1.82, 2.24) is 0 Å². The van der Waals surface area contributed by atoms with Crippen LogP contribution in [0.3, 0.4) is 0 Å². The monoisotopic (exact) mass is 605 g/mol. The minimum atomic E-state index is 0. The van der Waals surface area contributed by atoms with Gasteiger partial charge in [0.15, 0.2) is 0 Å². The smallest absolute Gasteiger partial charge is 0.0133 e. The zero-order chi connectivity index (χ0) is 29.3. The summed E-state index contributed by atoms with van der Waals surface area (Å²) in [5.41, 5.74) is 11.1. The van der Waals surface area contributed by atoms with Gasteiger partial charge in [0.05, 0.1) is 0 Å². The molecule has 0 heteroatoms. The summed E-state index contributed by atoms with van der Waals surface area (Å²) in [6.45, 7) is 17.2. The summed E-state index contributed by atoms with van der Waals surface area (Å²) in [4.78, 5) is 0. The molecule has 0 aliphatic heterocycles. The van der Waals surface area contributed by atoms with Gasteiger partial charge >= 0.3 is 0 Å². The van der Waals surface area contributed by atoms with Crippen molar-refractivity contribution in [2.75, 3.05) is 0 Å². The molecule has 0 N–H and O–H groups in total. The molecule has 0 fully saturated rings. The first-order valence-electron chi connectivity index (χ1n) is 16.9. The van der Waals surface area contributed by atoms with Crippen molar-refractivity contribution in [3.8, 4) is 0 Å². The average Bonchev–Trinajstić information content (AvgIpc) is 3.48. The van der Waals surface area contributed by atoms with Crippen LogP contribution < -0.4 is 0 Å². The highest BCUT2D eigenvalue weighted by atomic mass is 14.3. The molecule has 3 aromatic carbocycles. The van der Waals surface area contributed by atoms with Crippen LogP contribution in [0.2, 0.25) is 0 Å². The number of hydrogen-bond donors (Lipinski definition) is 0. The van der Waals surface area contributed by atoms with Crippen LogP contribution in [-0.4, -0.2) is 0 Å². The van der Waals surface area contributed by atoms with E-state index >= 15 is 0 Å². The molecule has 2 unspecified atom stereocenters. The van der Waals surface area contributed by atoms with Gasteiger partial charge in [0.1, 0.15) is 0 Å². The molecular weight excluding hydrogens is 528 g/mol. The van der Waals surface area contributed by atoms with Crippen molar-refractivity contribution in [1.29, 1.82) is 0 Å². The van der Waals surface area contributed by atoms with E-state index in [9.17, 15) is 0 Å². The second-order valence-electron chi connectivity index (χ2n) is 11.4. The molecule has 0 bridgehead atoms. The molecule has 0 saturated carbocycles. The van der Waals surface area contributed by atoms with Crippen LogP contribution in [0.15, 0.2) is 66.7 Å². The largest absolute Gasteiger partial charge is 0.0776 e. The Balaban J connectivity index is -0.000000519. The molecule has 3 aliphatic rings. The van der Waals surface area contributed by atoms with Gasteiger partial charge in [-0.05, 0) is 127 Å². The van der Waals surface area contributed by atoms with Crippen LogP contribution in [0.5, 0.6) is 0 Å². The van der Waals surface area contributed by atoms with Crippen molar-refractivity contribution >= 4 is 0 Å². The molecule has 0 amide bonds. The van der Waals surface area contributed by atoms with E-state index in [1.807, 2.05) is 27.7 Å². The lowest BCUT2D eigenvalue weighted by Crippen LogP contribution is -2.08. The maximum absolute atomic E-state index is 2.40. The molecular formula is C44H76.